The van der Waals surface area contributed by atoms with Gasteiger partial charge in [-0.05, 0) is 24.1 Å². The van der Waals surface area contributed by atoms with Crippen LogP contribution in [0.5, 0.6) is 0 Å². The number of methoxy groups -OCH3 is 1. The van der Waals surface area contributed by atoms with E-state index in [9.17, 15) is 4.79 Å². The smallest absolute Gasteiger partial charge is 0.331 e. The highest BCUT2D eigenvalue weighted by Gasteiger charge is 2.03. The average Bonchev–Trinajstić information content (AvgIpc) is 2.21. The Morgan fingerprint density at radius 3 is 2.73 bits per heavy atom. The fourth-order valence-electron chi connectivity index (χ4n) is 1.26. The molecule has 0 unspecified atom stereocenters. The van der Waals surface area contributed by atoms with E-state index in [1.165, 1.54) is 0 Å². The Labute approximate surface area is 89.0 Å². The maximum Gasteiger partial charge on any atom is 0.331 e. The molecule has 1 aromatic rings. The van der Waals surface area contributed by atoms with Gasteiger partial charge in [0.2, 0.25) is 0 Å². The fraction of sp³-hybridized carbons (Fsp3) is 0.250. The van der Waals surface area contributed by atoms with Gasteiger partial charge >= 0.3 is 5.97 Å². The Bertz CT molecular complexity index is 380. The van der Waals surface area contributed by atoms with Crippen LogP contribution in [-0.4, -0.2) is 18.2 Å². The van der Waals surface area contributed by atoms with Crippen molar-refractivity contribution in [2.24, 2.45) is 0 Å². The van der Waals surface area contributed by atoms with Crippen molar-refractivity contribution in [3.05, 3.63) is 41.0 Å². The maximum atomic E-state index is 10.7. The molecule has 3 heteroatoms. The van der Waals surface area contributed by atoms with E-state index in [4.69, 9.17) is 9.84 Å². The second-order valence-corrected chi connectivity index (χ2v) is 3.26. The summed E-state index contributed by atoms with van der Waals surface area (Å²) >= 11 is 0. The van der Waals surface area contributed by atoms with Crippen LogP contribution in [0.3, 0.4) is 0 Å². The lowest BCUT2D eigenvalue weighted by molar-refractivity contribution is -0.132. The summed E-state index contributed by atoms with van der Waals surface area (Å²) in [5, 5.41) is 8.76. The summed E-state index contributed by atoms with van der Waals surface area (Å²) < 4.78 is 5.03. The van der Waals surface area contributed by atoms with E-state index < -0.39 is 5.97 Å². The van der Waals surface area contributed by atoms with E-state index >= 15 is 0 Å². The number of benzene rings is 1. The van der Waals surface area contributed by atoms with E-state index in [1.807, 2.05) is 24.3 Å². The molecule has 1 N–H and O–H groups in total. The van der Waals surface area contributed by atoms with Crippen LogP contribution < -0.4 is 0 Å². The van der Waals surface area contributed by atoms with E-state index in [0.29, 0.717) is 12.2 Å². The van der Waals surface area contributed by atoms with Crippen molar-refractivity contribution in [1.82, 2.24) is 0 Å². The minimum atomic E-state index is -0.901. The van der Waals surface area contributed by atoms with Gasteiger partial charge in [-0.25, -0.2) is 4.79 Å². The van der Waals surface area contributed by atoms with Gasteiger partial charge in [0.15, 0.2) is 0 Å². The van der Waals surface area contributed by atoms with Crippen molar-refractivity contribution in [3.8, 4) is 0 Å². The molecule has 0 atom stereocenters. The van der Waals surface area contributed by atoms with Crippen LogP contribution >= 0.6 is 0 Å². The zero-order valence-electron chi connectivity index (χ0n) is 8.86. The van der Waals surface area contributed by atoms with Crippen molar-refractivity contribution in [3.63, 3.8) is 0 Å². The Morgan fingerprint density at radius 2 is 2.13 bits per heavy atom. The highest BCUT2D eigenvalue weighted by Crippen LogP contribution is 2.14. The predicted molar refractivity (Wildman–Crippen MR) is 58.4 cm³/mol. The Morgan fingerprint density at radius 1 is 1.47 bits per heavy atom. The summed E-state index contributed by atoms with van der Waals surface area (Å²) in [6, 6.07) is 7.58. The highest BCUT2D eigenvalue weighted by molar-refractivity contribution is 5.91. The third-order valence-electron chi connectivity index (χ3n) is 2.06. The van der Waals surface area contributed by atoms with Crippen LogP contribution in [0.2, 0.25) is 0 Å². The number of hydrogen-bond donors (Lipinski definition) is 1. The van der Waals surface area contributed by atoms with Gasteiger partial charge in [-0.1, -0.05) is 24.3 Å². The van der Waals surface area contributed by atoms with Crippen molar-refractivity contribution in [1.29, 1.82) is 0 Å². The molecule has 1 aromatic carbocycles. The molecule has 3 nitrogen and oxygen atoms in total. The second kappa shape index (κ2) is 5.32. The van der Waals surface area contributed by atoms with Gasteiger partial charge in [0.05, 0.1) is 6.61 Å². The van der Waals surface area contributed by atoms with Gasteiger partial charge in [-0.3, -0.25) is 0 Å². The number of aliphatic carboxylic acids is 1. The quantitative estimate of drug-likeness (QED) is 0.769. The van der Waals surface area contributed by atoms with E-state index in [-0.39, 0.29) is 0 Å². The molecule has 0 spiro atoms. The van der Waals surface area contributed by atoms with Gasteiger partial charge in [-0.2, -0.15) is 0 Å². The number of ether oxygens (including phenoxy) is 1. The molecule has 1 rings (SSSR count). The van der Waals surface area contributed by atoms with Crippen LogP contribution in [-0.2, 0) is 16.1 Å². The first-order chi connectivity index (χ1) is 7.15. The minimum absolute atomic E-state index is 0.318. The zero-order chi connectivity index (χ0) is 11.3. The first-order valence-electron chi connectivity index (χ1n) is 4.63. The maximum absolute atomic E-state index is 10.7. The summed E-state index contributed by atoms with van der Waals surface area (Å²) in [7, 11) is 1.62. The molecule has 0 saturated heterocycles. The molecule has 0 amide bonds. The molecule has 0 aromatic heterocycles. The summed E-state index contributed by atoms with van der Waals surface area (Å²) in [6.07, 6.45) is 1.65. The average molecular weight is 206 g/mol. The van der Waals surface area contributed by atoms with Gasteiger partial charge in [0.1, 0.15) is 0 Å². The number of hydrogen-bond acceptors (Lipinski definition) is 2. The lowest BCUT2D eigenvalue weighted by Gasteiger charge is -2.04. The Kier molecular flexibility index (Phi) is 4.06. The normalized spacial score (nSPS) is 11.5. The van der Waals surface area contributed by atoms with Crippen molar-refractivity contribution in [2.75, 3.05) is 7.11 Å². The van der Waals surface area contributed by atoms with Crippen LogP contribution in [0, 0.1) is 0 Å². The third-order valence-corrected chi connectivity index (χ3v) is 2.06. The molecular formula is C12H14O3. The van der Waals surface area contributed by atoms with E-state index in [2.05, 4.69) is 0 Å². The molecule has 0 aliphatic carbocycles. The zero-order valence-corrected chi connectivity index (χ0v) is 8.86. The van der Waals surface area contributed by atoms with Crippen molar-refractivity contribution >= 4 is 12.0 Å². The van der Waals surface area contributed by atoms with E-state index in [1.54, 1.807) is 20.1 Å². The van der Waals surface area contributed by atoms with Crippen molar-refractivity contribution < 1.29 is 14.6 Å². The lowest BCUT2D eigenvalue weighted by Crippen LogP contribution is -1.97. The summed E-state index contributed by atoms with van der Waals surface area (Å²) in [5.41, 5.74) is 2.19. The highest BCUT2D eigenvalue weighted by atomic mass is 16.5. The van der Waals surface area contributed by atoms with Gasteiger partial charge < -0.3 is 9.84 Å². The topological polar surface area (TPSA) is 46.5 Å². The van der Waals surface area contributed by atoms with Gasteiger partial charge in [-0.15, -0.1) is 0 Å². The molecule has 0 heterocycles. The molecular weight excluding hydrogens is 192 g/mol. The van der Waals surface area contributed by atoms with Crippen molar-refractivity contribution in [2.45, 2.75) is 13.5 Å². The molecule has 0 saturated carbocycles. The summed E-state index contributed by atoms with van der Waals surface area (Å²) in [6.45, 7) is 2.06. The monoisotopic (exact) mass is 206 g/mol. The molecule has 0 bridgehead atoms. The second-order valence-electron chi connectivity index (χ2n) is 3.26. The van der Waals surface area contributed by atoms with Crippen LogP contribution in [0.25, 0.3) is 6.08 Å². The number of carbonyl (C=O) groups is 1. The third kappa shape index (κ3) is 3.22. The fourth-order valence-corrected chi connectivity index (χ4v) is 1.26. The summed E-state index contributed by atoms with van der Waals surface area (Å²) in [5.74, 6) is -0.901. The number of rotatable bonds is 4. The van der Waals surface area contributed by atoms with Gasteiger partial charge in [0.25, 0.3) is 0 Å². The number of carboxylic acids is 1. The first-order valence-corrected chi connectivity index (χ1v) is 4.63. The van der Waals surface area contributed by atoms with Crippen LogP contribution in [0.1, 0.15) is 18.1 Å². The molecule has 0 radical (unpaired) electrons. The molecule has 0 aliphatic rings. The van der Waals surface area contributed by atoms with Crippen LogP contribution in [0.4, 0.5) is 0 Å². The largest absolute Gasteiger partial charge is 0.478 e. The first kappa shape index (κ1) is 11.5. The molecule has 0 aliphatic heterocycles. The lowest BCUT2D eigenvalue weighted by atomic mass is 10.1. The van der Waals surface area contributed by atoms with Crippen LogP contribution in [0.15, 0.2) is 29.8 Å². The number of carboxylic acid groups (broad SMARTS) is 1. The molecule has 80 valence electrons. The summed E-state index contributed by atoms with van der Waals surface area (Å²) in [4.78, 5) is 10.7. The van der Waals surface area contributed by atoms with Gasteiger partial charge in [0, 0.05) is 12.7 Å². The predicted octanol–water partition coefficient (Wildman–Crippen LogP) is 2.32. The Balaban J connectivity index is 3.03. The molecule has 15 heavy (non-hydrogen) atoms. The van der Waals surface area contributed by atoms with E-state index in [0.717, 1.165) is 11.1 Å². The SMILES string of the molecule is COCc1ccccc1C=C(C)C(=O)O. The molecule has 0 fully saturated rings. The Hall–Kier alpha value is -1.61. The standard InChI is InChI=1S/C12H14O3/c1-9(12(13)14)7-10-5-3-4-6-11(10)8-15-2/h3-7H,8H2,1-2H3,(H,13,14). The minimum Gasteiger partial charge on any atom is -0.478 e.